The number of hydrogen-bond acceptors (Lipinski definition) is 5. The molecule has 7 nitrogen and oxygen atoms in total. The fourth-order valence-corrected chi connectivity index (χ4v) is 2.40. The van der Waals surface area contributed by atoms with Gasteiger partial charge in [0, 0.05) is 31.9 Å². The number of nitroso groups, excluding NO2 is 1. The molecule has 2 aromatic heterocycles. The van der Waals surface area contributed by atoms with Crippen molar-refractivity contribution in [2.45, 2.75) is 6.42 Å². The fraction of sp³-hybridized carbons (Fsp3) is 0.167. The van der Waals surface area contributed by atoms with Gasteiger partial charge in [-0.2, -0.15) is 5.10 Å². The SMILES string of the molecule is CN(C)C1=CC=C(c2ccnn2-c2cc(C(=O)N=O)ccn2)CC#C1. The molecule has 0 unspecified atom stereocenters. The number of carbonyl (C=O) groups is 1. The molecule has 0 aliphatic heterocycles. The first-order valence-corrected chi connectivity index (χ1v) is 7.55. The van der Waals surface area contributed by atoms with E-state index in [2.05, 4.69) is 27.1 Å². The highest BCUT2D eigenvalue weighted by Crippen LogP contribution is 2.22. The standard InChI is InChI=1S/C18H15N5O2/c1-22(2)15-5-3-4-13(6-7-15)16-9-11-20-23(16)17-12-14(8-10-19-17)18(24)21-25/h6-12H,4H2,1-2H3. The minimum Gasteiger partial charge on any atom is -0.371 e. The number of carbonyl (C=O) groups excluding carboxylic acids is 1. The molecule has 0 N–H and O–H groups in total. The predicted octanol–water partition coefficient (Wildman–Crippen LogP) is 2.41. The Hall–Kier alpha value is -3.53. The van der Waals surface area contributed by atoms with Crippen molar-refractivity contribution in [1.82, 2.24) is 19.7 Å². The summed E-state index contributed by atoms with van der Waals surface area (Å²) in [5.41, 5.74) is 2.89. The van der Waals surface area contributed by atoms with Crippen molar-refractivity contribution >= 4 is 11.5 Å². The lowest BCUT2D eigenvalue weighted by Crippen LogP contribution is -2.08. The van der Waals surface area contributed by atoms with Crippen LogP contribution < -0.4 is 0 Å². The summed E-state index contributed by atoms with van der Waals surface area (Å²) in [5.74, 6) is 5.84. The fourth-order valence-electron chi connectivity index (χ4n) is 2.40. The Labute approximate surface area is 144 Å². The summed E-state index contributed by atoms with van der Waals surface area (Å²) in [6, 6.07) is 4.79. The van der Waals surface area contributed by atoms with Gasteiger partial charge < -0.3 is 4.90 Å². The number of hydrogen-bond donors (Lipinski definition) is 0. The van der Waals surface area contributed by atoms with Crippen molar-refractivity contribution in [3.05, 3.63) is 64.6 Å². The molecule has 0 spiro atoms. The summed E-state index contributed by atoms with van der Waals surface area (Å²) in [4.78, 5) is 28.1. The van der Waals surface area contributed by atoms with Crippen LogP contribution in [0.3, 0.4) is 0 Å². The number of rotatable bonds is 4. The maximum atomic E-state index is 11.5. The molecule has 3 rings (SSSR count). The van der Waals surface area contributed by atoms with Gasteiger partial charge in [0.25, 0.3) is 0 Å². The number of aromatic nitrogens is 3. The van der Waals surface area contributed by atoms with E-state index >= 15 is 0 Å². The van der Waals surface area contributed by atoms with Crippen LogP contribution in [0.2, 0.25) is 0 Å². The Kier molecular flexibility index (Phi) is 4.53. The molecule has 0 saturated carbocycles. The normalized spacial score (nSPS) is 13.0. The Morgan fingerprint density at radius 3 is 2.88 bits per heavy atom. The Morgan fingerprint density at radius 1 is 1.28 bits per heavy atom. The maximum Gasteiger partial charge on any atom is 0.316 e. The van der Waals surface area contributed by atoms with Gasteiger partial charge in [-0.05, 0) is 35.8 Å². The highest BCUT2D eigenvalue weighted by molar-refractivity contribution is 5.95. The number of nitrogens with zero attached hydrogens (tertiary/aromatic N) is 5. The van der Waals surface area contributed by atoms with Crippen LogP contribution in [-0.2, 0) is 0 Å². The van der Waals surface area contributed by atoms with Crippen molar-refractivity contribution in [2.75, 3.05) is 14.1 Å². The van der Waals surface area contributed by atoms with E-state index in [9.17, 15) is 9.70 Å². The minimum absolute atomic E-state index is 0.172. The van der Waals surface area contributed by atoms with E-state index in [1.165, 1.54) is 18.3 Å². The highest BCUT2D eigenvalue weighted by atomic mass is 16.3. The van der Waals surface area contributed by atoms with Gasteiger partial charge in [0.2, 0.25) is 0 Å². The van der Waals surface area contributed by atoms with Crippen molar-refractivity contribution < 1.29 is 4.79 Å². The van der Waals surface area contributed by atoms with Crippen LogP contribution in [-0.4, -0.2) is 39.7 Å². The summed E-state index contributed by atoms with van der Waals surface area (Å²) < 4.78 is 1.61. The summed E-state index contributed by atoms with van der Waals surface area (Å²) in [7, 11) is 3.88. The summed E-state index contributed by atoms with van der Waals surface area (Å²) in [6.45, 7) is 0. The third-order valence-electron chi connectivity index (χ3n) is 3.68. The summed E-state index contributed by atoms with van der Waals surface area (Å²) in [6.07, 6.45) is 7.60. The van der Waals surface area contributed by atoms with Crippen molar-refractivity contribution in [3.63, 3.8) is 0 Å². The van der Waals surface area contributed by atoms with E-state index in [1.807, 2.05) is 37.2 Å². The molecule has 0 fully saturated rings. The summed E-state index contributed by atoms with van der Waals surface area (Å²) >= 11 is 0. The zero-order valence-corrected chi connectivity index (χ0v) is 13.8. The first-order chi connectivity index (χ1) is 12.1. The topological polar surface area (TPSA) is 80.5 Å². The first-order valence-electron chi connectivity index (χ1n) is 7.55. The maximum absolute atomic E-state index is 11.5. The Bertz CT molecular complexity index is 957. The predicted molar refractivity (Wildman–Crippen MR) is 93.6 cm³/mol. The van der Waals surface area contributed by atoms with Gasteiger partial charge in [0.15, 0.2) is 5.82 Å². The Morgan fingerprint density at radius 2 is 2.12 bits per heavy atom. The first kappa shape index (κ1) is 16.3. The molecule has 1 aliphatic carbocycles. The zero-order valence-electron chi connectivity index (χ0n) is 13.8. The lowest BCUT2D eigenvalue weighted by Gasteiger charge is -2.10. The van der Waals surface area contributed by atoms with E-state index in [4.69, 9.17) is 0 Å². The average molecular weight is 333 g/mol. The zero-order chi connectivity index (χ0) is 17.8. The van der Waals surface area contributed by atoms with Crippen LogP contribution in [0.1, 0.15) is 22.5 Å². The number of amides is 1. The third-order valence-corrected chi connectivity index (χ3v) is 3.68. The summed E-state index contributed by atoms with van der Waals surface area (Å²) in [5, 5.41) is 6.73. The second-order valence-electron chi connectivity index (χ2n) is 5.54. The molecule has 2 heterocycles. The highest BCUT2D eigenvalue weighted by Gasteiger charge is 2.14. The van der Waals surface area contributed by atoms with Crippen molar-refractivity contribution in [3.8, 4) is 17.7 Å². The second-order valence-corrected chi connectivity index (χ2v) is 5.54. The van der Waals surface area contributed by atoms with E-state index in [-0.39, 0.29) is 5.56 Å². The van der Waals surface area contributed by atoms with Crippen LogP contribution in [0.4, 0.5) is 0 Å². The van der Waals surface area contributed by atoms with Gasteiger partial charge in [-0.15, -0.1) is 4.91 Å². The van der Waals surface area contributed by atoms with E-state index in [0.29, 0.717) is 12.2 Å². The third kappa shape index (κ3) is 3.38. The molecule has 1 aliphatic rings. The molecule has 0 saturated heterocycles. The largest absolute Gasteiger partial charge is 0.371 e. The molecule has 25 heavy (non-hydrogen) atoms. The van der Waals surface area contributed by atoms with Gasteiger partial charge in [-0.1, -0.05) is 12.0 Å². The van der Waals surface area contributed by atoms with Crippen LogP contribution in [0, 0.1) is 16.7 Å². The quantitative estimate of drug-likeness (QED) is 0.634. The van der Waals surface area contributed by atoms with Crippen LogP contribution in [0.5, 0.6) is 0 Å². The molecule has 0 radical (unpaired) electrons. The Balaban J connectivity index is 2.01. The minimum atomic E-state index is -0.838. The molecule has 124 valence electrons. The molecule has 2 aromatic rings. The van der Waals surface area contributed by atoms with Gasteiger partial charge in [0.1, 0.15) is 0 Å². The molecular weight excluding hydrogens is 318 g/mol. The van der Waals surface area contributed by atoms with Crippen molar-refractivity contribution in [1.29, 1.82) is 0 Å². The number of allylic oxidation sites excluding steroid dienone is 4. The van der Waals surface area contributed by atoms with Crippen LogP contribution in [0.25, 0.3) is 11.4 Å². The molecule has 0 aromatic carbocycles. The molecule has 0 bridgehead atoms. The van der Waals surface area contributed by atoms with E-state index < -0.39 is 5.91 Å². The van der Waals surface area contributed by atoms with Crippen molar-refractivity contribution in [2.24, 2.45) is 5.18 Å². The van der Waals surface area contributed by atoms with Gasteiger partial charge in [-0.3, -0.25) is 4.79 Å². The molecular formula is C18H15N5O2. The lowest BCUT2D eigenvalue weighted by atomic mass is 10.1. The smallest absolute Gasteiger partial charge is 0.316 e. The lowest BCUT2D eigenvalue weighted by molar-refractivity contribution is 0.100. The van der Waals surface area contributed by atoms with Gasteiger partial charge >= 0.3 is 5.91 Å². The monoisotopic (exact) mass is 333 g/mol. The van der Waals surface area contributed by atoms with Crippen LogP contribution in [0.15, 0.2) is 53.6 Å². The van der Waals surface area contributed by atoms with E-state index in [0.717, 1.165) is 17.0 Å². The van der Waals surface area contributed by atoms with Gasteiger partial charge in [0.05, 0.1) is 23.2 Å². The molecule has 0 atom stereocenters. The van der Waals surface area contributed by atoms with Gasteiger partial charge in [-0.25, -0.2) is 9.67 Å². The van der Waals surface area contributed by atoms with E-state index in [1.54, 1.807) is 10.9 Å². The number of pyridine rings is 1. The molecule has 7 heteroatoms. The second kappa shape index (κ2) is 6.93. The van der Waals surface area contributed by atoms with Crippen LogP contribution >= 0.6 is 0 Å². The molecule has 1 amide bonds. The average Bonchev–Trinajstić information content (AvgIpc) is 2.98.